The Morgan fingerprint density at radius 1 is 1.47 bits per heavy atom. The van der Waals surface area contributed by atoms with Crippen LogP contribution in [0.3, 0.4) is 0 Å². The van der Waals surface area contributed by atoms with Gasteiger partial charge in [-0.3, -0.25) is 0 Å². The summed E-state index contributed by atoms with van der Waals surface area (Å²) in [7, 11) is 3.95. The van der Waals surface area contributed by atoms with Crippen LogP contribution < -0.4 is 5.32 Å². The predicted molar refractivity (Wildman–Crippen MR) is 67.8 cm³/mol. The highest BCUT2D eigenvalue weighted by Crippen LogP contribution is 2.16. The van der Waals surface area contributed by atoms with Gasteiger partial charge in [0.2, 0.25) is 5.28 Å². The molecular weight excluding hydrogens is 243 g/mol. The van der Waals surface area contributed by atoms with E-state index in [1.165, 1.54) is 0 Å². The first-order valence-corrected chi connectivity index (χ1v) is 5.87. The fraction of sp³-hybridized carbons (Fsp3) is 0.636. The number of rotatable bonds is 5. The highest BCUT2D eigenvalue weighted by Gasteiger charge is 2.17. The van der Waals surface area contributed by atoms with Gasteiger partial charge in [0.05, 0.1) is 6.20 Å². The predicted octanol–water partition coefficient (Wildman–Crippen LogP) is 2.27. The van der Waals surface area contributed by atoms with E-state index in [-0.39, 0.29) is 17.1 Å². The first kappa shape index (κ1) is 14.1. The molecule has 0 aliphatic heterocycles. The molecule has 96 valence electrons. The van der Waals surface area contributed by atoms with Gasteiger partial charge in [-0.1, -0.05) is 13.8 Å². The van der Waals surface area contributed by atoms with E-state index in [0.717, 1.165) is 12.7 Å². The molecule has 0 fully saturated rings. The number of likely N-dealkylation sites (N-methyl/N-ethyl adjacent to an activating group) is 1. The third kappa shape index (κ3) is 4.44. The van der Waals surface area contributed by atoms with E-state index >= 15 is 0 Å². The number of hydrogen-bond acceptors (Lipinski definition) is 4. The van der Waals surface area contributed by atoms with Crippen molar-refractivity contribution in [3.8, 4) is 0 Å². The van der Waals surface area contributed by atoms with Gasteiger partial charge < -0.3 is 10.2 Å². The standard InChI is InChI=1S/C11H18ClFN4/c1-7(2)9(6-17(3)4)15-10-8(13)5-14-11(12)16-10/h5,7,9H,6H2,1-4H3,(H,14,15,16). The molecular formula is C11H18ClFN4. The van der Waals surface area contributed by atoms with Crippen LogP contribution in [-0.4, -0.2) is 41.5 Å². The highest BCUT2D eigenvalue weighted by molar-refractivity contribution is 6.28. The second kappa shape index (κ2) is 6.12. The molecule has 1 N–H and O–H groups in total. The Morgan fingerprint density at radius 2 is 2.12 bits per heavy atom. The summed E-state index contributed by atoms with van der Waals surface area (Å²) in [6.45, 7) is 4.93. The Labute approximate surface area is 106 Å². The van der Waals surface area contributed by atoms with E-state index in [1.54, 1.807) is 0 Å². The van der Waals surface area contributed by atoms with Crippen LogP contribution in [-0.2, 0) is 0 Å². The van der Waals surface area contributed by atoms with E-state index in [2.05, 4.69) is 29.1 Å². The van der Waals surface area contributed by atoms with Crippen LogP contribution in [0.5, 0.6) is 0 Å². The lowest BCUT2D eigenvalue weighted by molar-refractivity contribution is 0.343. The largest absolute Gasteiger partial charge is 0.363 e. The first-order valence-electron chi connectivity index (χ1n) is 5.49. The average molecular weight is 261 g/mol. The van der Waals surface area contributed by atoms with Crippen LogP contribution in [0.1, 0.15) is 13.8 Å². The summed E-state index contributed by atoms with van der Waals surface area (Å²) in [6, 6.07) is 0.102. The number of nitrogens with zero attached hydrogens (tertiary/aromatic N) is 3. The number of aromatic nitrogens is 2. The maximum atomic E-state index is 13.5. The number of anilines is 1. The maximum absolute atomic E-state index is 13.5. The van der Waals surface area contributed by atoms with Crippen molar-refractivity contribution in [2.24, 2.45) is 5.92 Å². The summed E-state index contributed by atoms with van der Waals surface area (Å²) in [5.74, 6) is 0.0231. The number of hydrogen-bond donors (Lipinski definition) is 1. The third-order valence-electron chi connectivity index (χ3n) is 2.40. The van der Waals surface area contributed by atoms with Gasteiger partial charge in [0.25, 0.3) is 0 Å². The Kier molecular flexibility index (Phi) is 5.08. The molecule has 0 radical (unpaired) electrons. The SMILES string of the molecule is CC(C)C(CN(C)C)Nc1nc(Cl)ncc1F. The van der Waals surface area contributed by atoms with Crippen molar-refractivity contribution in [3.05, 3.63) is 17.3 Å². The molecule has 1 aromatic rings. The van der Waals surface area contributed by atoms with Crippen LogP contribution >= 0.6 is 11.6 Å². The van der Waals surface area contributed by atoms with Gasteiger partial charge in [0.1, 0.15) is 0 Å². The van der Waals surface area contributed by atoms with Gasteiger partial charge >= 0.3 is 0 Å². The molecule has 0 aromatic carbocycles. The molecule has 4 nitrogen and oxygen atoms in total. The van der Waals surface area contributed by atoms with Crippen molar-refractivity contribution in [2.75, 3.05) is 26.0 Å². The van der Waals surface area contributed by atoms with Crippen molar-refractivity contribution in [1.29, 1.82) is 0 Å². The second-order valence-electron chi connectivity index (χ2n) is 4.59. The van der Waals surface area contributed by atoms with Gasteiger partial charge in [-0.05, 0) is 31.6 Å². The molecule has 0 aliphatic rings. The fourth-order valence-electron chi connectivity index (χ4n) is 1.44. The normalized spacial score (nSPS) is 13.2. The minimum atomic E-state index is -0.487. The molecule has 0 amide bonds. The lowest BCUT2D eigenvalue weighted by atomic mass is 10.0. The first-order chi connectivity index (χ1) is 7.90. The zero-order chi connectivity index (χ0) is 13.0. The number of halogens is 2. The molecule has 0 aliphatic carbocycles. The van der Waals surface area contributed by atoms with Crippen molar-refractivity contribution in [3.63, 3.8) is 0 Å². The van der Waals surface area contributed by atoms with E-state index in [1.807, 2.05) is 19.0 Å². The van der Waals surface area contributed by atoms with Crippen LogP contribution in [0.15, 0.2) is 6.20 Å². The van der Waals surface area contributed by atoms with Crippen molar-refractivity contribution in [2.45, 2.75) is 19.9 Å². The lowest BCUT2D eigenvalue weighted by Gasteiger charge is -2.26. The zero-order valence-electron chi connectivity index (χ0n) is 10.5. The fourth-order valence-corrected chi connectivity index (χ4v) is 1.57. The third-order valence-corrected chi connectivity index (χ3v) is 2.59. The van der Waals surface area contributed by atoms with Crippen molar-refractivity contribution < 1.29 is 4.39 Å². The maximum Gasteiger partial charge on any atom is 0.224 e. The minimum Gasteiger partial charge on any atom is -0.363 e. The van der Waals surface area contributed by atoms with E-state index < -0.39 is 5.82 Å². The molecule has 17 heavy (non-hydrogen) atoms. The van der Waals surface area contributed by atoms with Crippen molar-refractivity contribution >= 4 is 17.4 Å². The molecule has 0 spiro atoms. The molecule has 6 heteroatoms. The Morgan fingerprint density at radius 3 is 2.65 bits per heavy atom. The van der Waals surface area contributed by atoms with Gasteiger partial charge in [-0.2, -0.15) is 4.98 Å². The molecule has 0 saturated carbocycles. The van der Waals surface area contributed by atoms with Crippen LogP contribution in [0.4, 0.5) is 10.2 Å². The molecule has 1 atom stereocenters. The summed E-state index contributed by atoms with van der Waals surface area (Å²) >= 11 is 5.65. The van der Waals surface area contributed by atoms with Crippen molar-refractivity contribution in [1.82, 2.24) is 14.9 Å². The summed E-state index contributed by atoms with van der Waals surface area (Å²) in [6.07, 6.45) is 1.07. The smallest absolute Gasteiger partial charge is 0.224 e. The lowest BCUT2D eigenvalue weighted by Crippen LogP contribution is -2.37. The van der Waals surface area contributed by atoms with Crippen LogP contribution in [0, 0.1) is 11.7 Å². The summed E-state index contributed by atoms with van der Waals surface area (Å²) in [5.41, 5.74) is 0. The monoisotopic (exact) mass is 260 g/mol. The zero-order valence-corrected chi connectivity index (χ0v) is 11.3. The molecule has 0 bridgehead atoms. The van der Waals surface area contributed by atoms with Crippen LogP contribution in [0.2, 0.25) is 5.28 Å². The van der Waals surface area contributed by atoms with E-state index in [4.69, 9.17) is 11.6 Å². The Hall–Kier alpha value is -0.940. The number of nitrogens with one attached hydrogen (secondary N) is 1. The van der Waals surface area contributed by atoms with E-state index in [0.29, 0.717) is 5.92 Å². The summed E-state index contributed by atoms with van der Waals surface area (Å²) in [5, 5.41) is 3.11. The Bertz CT molecular complexity index is 370. The molecule has 0 saturated heterocycles. The minimum absolute atomic E-state index is 0.0428. The van der Waals surface area contributed by atoms with Gasteiger partial charge in [0.15, 0.2) is 11.6 Å². The van der Waals surface area contributed by atoms with Crippen LogP contribution in [0.25, 0.3) is 0 Å². The topological polar surface area (TPSA) is 41.0 Å². The van der Waals surface area contributed by atoms with Gasteiger partial charge in [-0.25, -0.2) is 9.37 Å². The average Bonchev–Trinajstić information content (AvgIpc) is 2.21. The summed E-state index contributed by atoms with van der Waals surface area (Å²) in [4.78, 5) is 9.47. The highest BCUT2D eigenvalue weighted by atomic mass is 35.5. The quantitative estimate of drug-likeness (QED) is 0.825. The van der Waals surface area contributed by atoms with Gasteiger partial charge in [0, 0.05) is 12.6 Å². The molecule has 1 heterocycles. The Balaban J connectivity index is 2.81. The van der Waals surface area contributed by atoms with E-state index in [9.17, 15) is 4.39 Å². The second-order valence-corrected chi connectivity index (χ2v) is 4.93. The molecule has 1 aromatic heterocycles. The molecule has 1 rings (SSSR count). The van der Waals surface area contributed by atoms with Gasteiger partial charge in [-0.15, -0.1) is 0 Å². The summed E-state index contributed by atoms with van der Waals surface area (Å²) < 4.78 is 13.5. The molecule has 1 unspecified atom stereocenters.